The van der Waals surface area contributed by atoms with Crippen LogP contribution in [0.1, 0.15) is 30.9 Å². The van der Waals surface area contributed by atoms with E-state index in [-0.39, 0.29) is 22.8 Å². The van der Waals surface area contributed by atoms with Crippen LogP contribution < -0.4 is 10.9 Å². The molecule has 1 aliphatic heterocycles. The number of carbonyl (C=O) groups is 1. The van der Waals surface area contributed by atoms with Crippen LogP contribution in [-0.2, 0) is 9.53 Å². The van der Waals surface area contributed by atoms with Gasteiger partial charge in [-0.05, 0) is 62.9 Å². The van der Waals surface area contributed by atoms with E-state index in [0.717, 1.165) is 36.3 Å². The fourth-order valence-electron chi connectivity index (χ4n) is 2.90. The van der Waals surface area contributed by atoms with Gasteiger partial charge in [-0.25, -0.2) is 0 Å². The third kappa shape index (κ3) is 4.99. The second-order valence-electron chi connectivity index (χ2n) is 6.83. The maximum atomic E-state index is 12.3. The molecule has 3 rings (SSSR count). The fourth-order valence-corrected chi connectivity index (χ4v) is 3.73. The van der Waals surface area contributed by atoms with Gasteiger partial charge in [-0.2, -0.15) is 9.78 Å². The molecule has 0 unspecified atom stereocenters. The SMILES string of the molecule is Cc1ccc(-n2nc(S[C@H](C)C(=O)NC[C@H]3CCCO3)ccc2=O)cc1C. The Morgan fingerprint density at radius 1 is 1.33 bits per heavy atom. The molecule has 144 valence electrons. The zero-order valence-corrected chi connectivity index (χ0v) is 16.7. The topological polar surface area (TPSA) is 73.2 Å². The summed E-state index contributed by atoms with van der Waals surface area (Å²) < 4.78 is 6.91. The minimum atomic E-state index is -0.315. The number of rotatable bonds is 6. The lowest BCUT2D eigenvalue weighted by Crippen LogP contribution is -2.36. The summed E-state index contributed by atoms with van der Waals surface area (Å²) >= 11 is 1.34. The molecule has 1 saturated heterocycles. The van der Waals surface area contributed by atoms with Gasteiger partial charge in [-0.3, -0.25) is 9.59 Å². The van der Waals surface area contributed by atoms with Gasteiger partial charge in [0.2, 0.25) is 5.91 Å². The Labute approximate surface area is 163 Å². The van der Waals surface area contributed by atoms with E-state index in [1.165, 1.54) is 22.5 Å². The van der Waals surface area contributed by atoms with E-state index >= 15 is 0 Å². The van der Waals surface area contributed by atoms with Gasteiger partial charge in [0.25, 0.3) is 5.56 Å². The van der Waals surface area contributed by atoms with Crippen molar-refractivity contribution in [2.45, 2.75) is 50.0 Å². The van der Waals surface area contributed by atoms with Crippen molar-refractivity contribution in [2.24, 2.45) is 0 Å². The first kappa shape index (κ1) is 19.6. The number of carbonyl (C=O) groups excluding carboxylic acids is 1. The summed E-state index contributed by atoms with van der Waals surface area (Å²) in [5.74, 6) is -0.0544. The highest BCUT2D eigenvalue weighted by Crippen LogP contribution is 2.21. The van der Waals surface area contributed by atoms with Gasteiger partial charge < -0.3 is 10.1 Å². The van der Waals surface area contributed by atoms with E-state index in [0.29, 0.717) is 11.6 Å². The zero-order valence-electron chi connectivity index (χ0n) is 15.9. The molecule has 1 aliphatic rings. The second kappa shape index (κ2) is 8.71. The summed E-state index contributed by atoms with van der Waals surface area (Å²) in [6, 6.07) is 8.94. The standard InChI is InChI=1S/C20H25N3O3S/c1-13-6-7-16(11-14(13)2)23-19(24)9-8-18(22-23)27-15(3)20(25)21-12-17-5-4-10-26-17/h6-9,11,15,17H,4-5,10,12H2,1-3H3,(H,21,25)/t15-,17-/m1/s1. The quantitative estimate of drug-likeness (QED) is 0.772. The zero-order chi connectivity index (χ0) is 19.4. The van der Waals surface area contributed by atoms with Crippen LogP contribution in [-0.4, -0.2) is 40.2 Å². The first-order valence-electron chi connectivity index (χ1n) is 9.18. The van der Waals surface area contributed by atoms with Crippen molar-refractivity contribution < 1.29 is 9.53 Å². The molecule has 1 N–H and O–H groups in total. The third-order valence-corrected chi connectivity index (χ3v) is 5.73. The lowest BCUT2D eigenvalue weighted by molar-refractivity contribution is -0.120. The van der Waals surface area contributed by atoms with Gasteiger partial charge in [0.05, 0.1) is 17.0 Å². The molecule has 0 bridgehead atoms. The predicted molar refractivity (Wildman–Crippen MR) is 107 cm³/mol. The van der Waals surface area contributed by atoms with Crippen LogP contribution in [0.15, 0.2) is 40.2 Å². The van der Waals surface area contributed by atoms with Crippen molar-refractivity contribution in [1.82, 2.24) is 15.1 Å². The van der Waals surface area contributed by atoms with Gasteiger partial charge in [0.15, 0.2) is 0 Å². The Balaban J connectivity index is 1.68. The van der Waals surface area contributed by atoms with Crippen LogP contribution in [0.2, 0.25) is 0 Å². The largest absolute Gasteiger partial charge is 0.376 e. The number of ether oxygens (including phenoxy) is 1. The summed E-state index contributed by atoms with van der Waals surface area (Å²) in [6.07, 6.45) is 2.16. The fraction of sp³-hybridized carbons (Fsp3) is 0.450. The molecule has 27 heavy (non-hydrogen) atoms. The van der Waals surface area contributed by atoms with Crippen molar-refractivity contribution in [2.75, 3.05) is 13.2 Å². The van der Waals surface area contributed by atoms with E-state index in [2.05, 4.69) is 10.4 Å². The molecule has 1 aromatic carbocycles. The Hall–Kier alpha value is -2.12. The van der Waals surface area contributed by atoms with E-state index in [1.54, 1.807) is 6.07 Å². The van der Waals surface area contributed by atoms with Crippen molar-refractivity contribution >= 4 is 17.7 Å². The molecule has 0 saturated carbocycles. The number of hydrogen-bond donors (Lipinski definition) is 1. The summed E-state index contributed by atoms with van der Waals surface area (Å²) in [5.41, 5.74) is 2.79. The van der Waals surface area contributed by atoms with Crippen molar-refractivity contribution in [3.05, 3.63) is 51.8 Å². The summed E-state index contributed by atoms with van der Waals surface area (Å²) in [6.45, 7) is 7.18. The Bertz CT molecular complexity index is 875. The number of benzene rings is 1. The van der Waals surface area contributed by atoms with E-state index in [1.807, 2.05) is 39.0 Å². The molecule has 1 fully saturated rings. The van der Waals surface area contributed by atoms with Crippen molar-refractivity contribution in [3.8, 4) is 5.69 Å². The maximum absolute atomic E-state index is 12.3. The lowest BCUT2D eigenvalue weighted by atomic mass is 10.1. The summed E-state index contributed by atoms with van der Waals surface area (Å²) in [7, 11) is 0. The molecule has 7 heteroatoms. The molecule has 2 heterocycles. The molecule has 2 aromatic rings. The summed E-state index contributed by atoms with van der Waals surface area (Å²) in [4.78, 5) is 24.6. The van der Waals surface area contributed by atoms with Gasteiger partial charge in [0, 0.05) is 19.2 Å². The lowest BCUT2D eigenvalue weighted by Gasteiger charge is -2.15. The van der Waals surface area contributed by atoms with Crippen molar-refractivity contribution in [3.63, 3.8) is 0 Å². The number of aromatic nitrogens is 2. The number of amides is 1. The molecule has 1 amide bonds. The minimum Gasteiger partial charge on any atom is -0.376 e. The number of hydrogen-bond acceptors (Lipinski definition) is 5. The molecular formula is C20H25N3O3S. The monoisotopic (exact) mass is 387 g/mol. The second-order valence-corrected chi connectivity index (χ2v) is 8.19. The first-order chi connectivity index (χ1) is 12.9. The Morgan fingerprint density at radius 2 is 2.15 bits per heavy atom. The molecule has 6 nitrogen and oxygen atoms in total. The van der Waals surface area contributed by atoms with Gasteiger partial charge >= 0.3 is 0 Å². The minimum absolute atomic E-state index is 0.0544. The highest BCUT2D eigenvalue weighted by atomic mass is 32.2. The highest BCUT2D eigenvalue weighted by Gasteiger charge is 2.20. The number of aryl methyl sites for hydroxylation is 2. The highest BCUT2D eigenvalue weighted by molar-refractivity contribution is 8.00. The van der Waals surface area contributed by atoms with Crippen LogP contribution in [0, 0.1) is 13.8 Å². The average molecular weight is 388 g/mol. The van der Waals surface area contributed by atoms with E-state index in [4.69, 9.17) is 4.74 Å². The van der Waals surface area contributed by atoms with Crippen LogP contribution in [0.25, 0.3) is 5.69 Å². The predicted octanol–water partition coefficient (Wildman–Crippen LogP) is 2.63. The molecule has 0 spiro atoms. The Morgan fingerprint density at radius 3 is 2.85 bits per heavy atom. The van der Waals surface area contributed by atoms with Crippen LogP contribution in [0.5, 0.6) is 0 Å². The molecule has 2 atom stereocenters. The smallest absolute Gasteiger partial charge is 0.271 e. The molecule has 0 aliphatic carbocycles. The van der Waals surface area contributed by atoms with Crippen LogP contribution >= 0.6 is 11.8 Å². The van der Waals surface area contributed by atoms with Crippen LogP contribution in [0.4, 0.5) is 0 Å². The molecule has 0 radical (unpaired) electrons. The van der Waals surface area contributed by atoms with E-state index < -0.39 is 0 Å². The molecule has 1 aromatic heterocycles. The first-order valence-corrected chi connectivity index (χ1v) is 10.1. The average Bonchev–Trinajstić information content (AvgIpc) is 3.17. The number of nitrogens with zero attached hydrogens (tertiary/aromatic N) is 2. The number of nitrogens with one attached hydrogen (secondary N) is 1. The van der Waals surface area contributed by atoms with Gasteiger partial charge in [-0.15, -0.1) is 0 Å². The van der Waals surface area contributed by atoms with E-state index in [9.17, 15) is 9.59 Å². The van der Waals surface area contributed by atoms with Crippen LogP contribution in [0.3, 0.4) is 0 Å². The third-order valence-electron chi connectivity index (χ3n) is 4.71. The Kier molecular flexibility index (Phi) is 6.34. The maximum Gasteiger partial charge on any atom is 0.271 e. The normalized spacial score (nSPS) is 17.7. The molecular weight excluding hydrogens is 362 g/mol. The number of thioether (sulfide) groups is 1. The van der Waals surface area contributed by atoms with Gasteiger partial charge in [0.1, 0.15) is 5.03 Å². The summed E-state index contributed by atoms with van der Waals surface area (Å²) in [5, 5.41) is 7.69. The van der Waals surface area contributed by atoms with Crippen molar-refractivity contribution in [1.29, 1.82) is 0 Å². The van der Waals surface area contributed by atoms with Gasteiger partial charge in [-0.1, -0.05) is 17.8 Å².